The van der Waals surface area contributed by atoms with Crippen LogP contribution in [0, 0.1) is 0 Å². The van der Waals surface area contributed by atoms with Crippen molar-refractivity contribution < 1.29 is 0 Å². The van der Waals surface area contributed by atoms with Crippen LogP contribution in [-0.4, -0.2) is 9.97 Å². The van der Waals surface area contributed by atoms with Crippen molar-refractivity contribution in [2.24, 2.45) is 0 Å². The molecule has 100 valence electrons. The van der Waals surface area contributed by atoms with Crippen LogP contribution in [0.1, 0.15) is 24.2 Å². The summed E-state index contributed by atoms with van der Waals surface area (Å²) in [4.78, 5) is 8.22. The van der Waals surface area contributed by atoms with E-state index in [0.29, 0.717) is 5.69 Å². The third kappa shape index (κ3) is 1.68. The standard InChI is InChI=1S/C16H14BrN3/c17-11-8-12(18)14-13(9-11)19-15(20-14)16(6-7-16)10-4-2-1-3-5-10/h1-5,8-9H,6-7,18H2,(H,19,20). The maximum absolute atomic E-state index is 6.06. The largest absolute Gasteiger partial charge is 0.397 e. The van der Waals surface area contributed by atoms with Crippen LogP contribution in [0.5, 0.6) is 0 Å². The molecule has 0 saturated heterocycles. The van der Waals surface area contributed by atoms with Crippen molar-refractivity contribution >= 4 is 32.7 Å². The summed E-state index contributed by atoms with van der Waals surface area (Å²) < 4.78 is 0.974. The second-order valence-corrected chi connectivity index (χ2v) is 6.34. The lowest BCUT2D eigenvalue weighted by atomic mass is 9.95. The molecule has 0 unspecified atom stereocenters. The molecule has 1 fully saturated rings. The van der Waals surface area contributed by atoms with Crippen molar-refractivity contribution in [2.45, 2.75) is 18.3 Å². The van der Waals surface area contributed by atoms with Crippen LogP contribution in [0.15, 0.2) is 46.9 Å². The van der Waals surface area contributed by atoms with Gasteiger partial charge in [0.2, 0.25) is 0 Å². The molecular weight excluding hydrogens is 314 g/mol. The van der Waals surface area contributed by atoms with E-state index in [0.717, 1.165) is 34.2 Å². The highest BCUT2D eigenvalue weighted by atomic mass is 79.9. The molecule has 0 amide bonds. The van der Waals surface area contributed by atoms with Gasteiger partial charge in [0.05, 0.1) is 16.6 Å². The van der Waals surface area contributed by atoms with E-state index >= 15 is 0 Å². The second-order valence-electron chi connectivity index (χ2n) is 5.42. The molecule has 3 nitrogen and oxygen atoms in total. The fraction of sp³-hybridized carbons (Fsp3) is 0.188. The number of nitrogens with one attached hydrogen (secondary N) is 1. The Morgan fingerprint density at radius 1 is 1.15 bits per heavy atom. The Bertz CT molecular complexity index is 788. The topological polar surface area (TPSA) is 54.7 Å². The summed E-state index contributed by atoms with van der Waals surface area (Å²) in [5, 5.41) is 0. The van der Waals surface area contributed by atoms with Gasteiger partial charge in [0, 0.05) is 4.47 Å². The van der Waals surface area contributed by atoms with Crippen LogP contribution in [0.4, 0.5) is 5.69 Å². The first kappa shape index (κ1) is 12.0. The molecule has 3 N–H and O–H groups in total. The van der Waals surface area contributed by atoms with E-state index < -0.39 is 0 Å². The van der Waals surface area contributed by atoms with E-state index in [9.17, 15) is 0 Å². The van der Waals surface area contributed by atoms with E-state index in [1.807, 2.05) is 18.2 Å². The third-order valence-corrected chi connectivity index (χ3v) is 4.57. The van der Waals surface area contributed by atoms with Crippen molar-refractivity contribution in [3.8, 4) is 0 Å². The smallest absolute Gasteiger partial charge is 0.118 e. The Hall–Kier alpha value is -1.81. The van der Waals surface area contributed by atoms with Crippen molar-refractivity contribution in [1.29, 1.82) is 0 Å². The van der Waals surface area contributed by atoms with Gasteiger partial charge in [-0.2, -0.15) is 0 Å². The number of nitrogens with two attached hydrogens (primary N) is 1. The number of rotatable bonds is 2. The van der Waals surface area contributed by atoms with Gasteiger partial charge < -0.3 is 10.7 Å². The summed E-state index contributed by atoms with van der Waals surface area (Å²) in [7, 11) is 0. The molecule has 4 rings (SSSR count). The zero-order valence-corrected chi connectivity index (χ0v) is 12.4. The summed E-state index contributed by atoms with van der Waals surface area (Å²) in [5.74, 6) is 1.03. The van der Waals surface area contributed by atoms with E-state index in [1.165, 1.54) is 5.56 Å². The molecule has 0 atom stereocenters. The van der Waals surface area contributed by atoms with Gasteiger partial charge in [-0.05, 0) is 30.5 Å². The zero-order valence-electron chi connectivity index (χ0n) is 10.9. The number of halogens is 1. The molecular formula is C16H14BrN3. The lowest BCUT2D eigenvalue weighted by Gasteiger charge is -2.12. The zero-order chi connectivity index (χ0) is 13.7. The highest BCUT2D eigenvalue weighted by Gasteiger charge is 2.48. The summed E-state index contributed by atoms with van der Waals surface area (Å²) in [6, 6.07) is 14.5. The molecule has 1 aromatic heterocycles. The van der Waals surface area contributed by atoms with E-state index in [1.54, 1.807) is 0 Å². The maximum atomic E-state index is 6.06. The van der Waals surface area contributed by atoms with Gasteiger partial charge in [0.25, 0.3) is 0 Å². The molecule has 2 aromatic carbocycles. The van der Waals surface area contributed by atoms with E-state index in [-0.39, 0.29) is 5.41 Å². The van der Waals surface area contributed by atoms with Crippen molar-refractivity contribution in [3.63, 3.8) is 0 Å². The normalized spacial score (nSPS) is 16.4. The number of imidazole rings is 1. The average molecular weight is 328 g/mol. The van der Waals surface area contributed by atoms with Gasteiger partial charge in [0.15, 0.2) is 0 Å². The number of anilines is 1. The minimum atomic E-state index is 0.0548. The van der Waals surface area contributed by atoms with Gasteiger partial charge in [-0.3, -0.25) is 0 Å². The Kier molecular flexibility index (Phi) is 2.45. The number of hydrogen-bond acceptors (Lipinski definition) is 2. The molecule has 0 aliphatic heterocycles. The highest BCUT2D eigenvalue weighted by Crippen LogP contribution is 2.52. The number of nitrogens with zero attached hydrogens (tertiary/aromatic N) is 1. The van der Waals surface area contributed by atoms with Crippen LogP contribution < -0.4 is 5.73 Å². The predicted molar refractivity (Wildman–Crippen MR) is 84.7 cm³/mol. The van der Waals surface area contributed by atoms with Crippen LogP contribution in [0.3, 0.4) is 0 Å². The van der Waals surface area contributed by atoms with Gasteiger partial charge in [-0.1, -0.05) is 46.3 Å². The fourth-order valence-corrected chi connectivity index (χ4v) is 3.35. The van der Waals surface area contributed by atoms with Gasteiger partial charge in [0.1, 0.15) is 11.3 Å². The Morgan fingerprint density at radius 3 is 2.60 bits per heavy atom. The van der Waals surface area contributed by atoms with Gasteiger partial charge >= 0.3 is 0 Å². The number of aromatic amines is 1. The van der Waals surface area contributed by atoms with Gasteiger partial charge in [-0.25, -0.2) is 4.98 Å². The molecule has 1 heterocycles. The predicted octanol–water partition coefficient (Wildman–Crippen LogP) is 3.99. The number of hydrogen-bond donors (Lipinski definition) is 2. The second kappa shape index (κ2) is 4.09. The molecule has 4 heteroatoms. The minimum Gasteiger partial charge on any atom is -0.397 e. The molecule has 1 aliphatic carbocycles. The average Bonchev–Trinajstić information content (AvgIpc) is 3.14. The van der Waals surface area contributed by atoms with Crippen molar-refractivity contribution in [2.75, 3.05) is 5.73 Å². The summed E-state index contributed by atoms with van der Waals surface area (Å²) in [6.45, 7) is 0. The van der Waals surface area contributed by atoms with E-state index in [2.05, 4.69) is 45.2 Å². The van der Waals surface area contributed by atoms with Crippen LogP contribution in [-0.2, 0) is 5.41 Å². The molecule has 1 saturated carbocycles. The summed E-state index contributed by atoms with van der Waals surface area (Å²) in [5.41, 5.74) is 10.0. The lowest BCUT2D eigenvalue weighted by Crippen LogP contribution is -2.10. The molecule has 0 spiro atoms. The van der Waals surface area contributed by atoms with Crippen LogP contribution in [0.25, 0.3) is 11.0 Å². The Morgan fingerprint density at radius 2 is 1.90 bits per heavy atom. The number of fused-ring (bicyclic) bond motifs is 1. The minimum absolute atomic E-state index is 0.0548. The first-order valence-electron chi connectivity index (χ1n) is 6.70. The Labute approximate surface area is 125 Å². The molecule has 3 aromatic rings. The summed E-state index contributed by atoms with van der Waals surface area (Å²) >= 11 is 3.48. The first-order chi connectivity index (χ1) is 9.69. The van der Waals surface area contributed by atoms with Crippen LogP contribution in [0.2, 0.25) is 0 Å². The van der Waals surface area contributed by atoms with Gasteiger partial charge in [-0.15, -0.1) is 0 Å². The molecule has 0 radical (unpaired) electrons. The van der Waals surface area contributed by atoms with Crippen molar-refractivity contribution in [3.05, 3.63) is 58.3 Å². The Balaban J connectivity index is 1.89. The molecule has 0 bridgehead atoms. The monoisotopic (exact) mass is 327 g/mol. The quantitative estimate of drug-likeness (QED) is 0.699. The van der Waals surface area contributed by atoms with E-state index in [4.69, 9.17) is 10.7 Å². The SMILES string of the molecule is Nc1cc(Br)cc2[nH]c(C3(c4ccccc4)CC3)nc12. The fourth-order valence-electron chi connectivity index (χ4n) is 2.88. The van der Waals surface area contributed by atoms with Crippen molar-refractivity contribution in [1.82, 2.24) is 9.97 Å². The number of H-pyrrole nitrogens is 1. The maximum Gasteiger partial charge on any atom is 0.118 e. The number of aromatic nitrogens is 2. The number of nitrogen functional groups attached to an aromatic ring is 1. The lowest BCUT2D eigenvalue weighted by molar-refractivity contribution is 0.779. The first-order valence-corrected chi connectivity index (χ1v) is 7.49. The van der Waals surface area contributed by atoms with Crippen LogP contribution >= 0.6 is 15.9 Å². The summed E-state index contributed by atoms with van der Waals surface area (Å²) in [6.07, 6.45) is 2.27. The molecule has 20 heavy (non-hydrogen) atoms. The highest BCUT2D eigenvalue weighted by molar-refractivity contribution is 9.10. The molecule has 1 aliphatic rings. The third-order valence-electron chi connectivity index (χ3n) is 4.11. The number of benzene rings is 2.